The molecule has 2 saturated carbocycles. The Labute approximate surface area is 230 Å². The highest BCUT2D eigenvalue weighted by Crippen LogP contribution is 2.46. The first kappa shape index (κ1) is 26.7. The average Bonchev–Trinajstić information content (AvgIpc) is 3.54. The normalized spacial score (nSPS) is 21.3. The molecule has 0 atom stereocenters. The van der Waals surface area contributed by atoms with Crippen LogP contribution in [-0.4, -0.2) is 39.0 Å². The lowest BCUT2D eigenvalue weighted by Gasteiger charge is -2.34. The van der Waals surface area contributed by atoms with Crippen molar-refractivity contribution in [3.8, 4) is 17.0 Å². The SMILES string of the molecule is O=C(O)c1cc2sc(C3(O)CCC(OCc4c(-c5ccccc5OC(F)F)noc4C4CC4)CC3)nc2cc1F. The summed E-state index contributed by atoms with van der Waals surface area (Å²) in [5.74, 6) is -1.33. The van der Waals surface area contributed by atoms with Gasteiger partial charge in [-0.05, 0) is 56.7 Å². The highest BCUT2D eigenvalue weighted by Gasteiger charge is 2.39. The lowest BCUT2D eigenvalue weighted by Crippen LogP contribution is -2.34. The minimum Gasteiger partial charge on any atom is -0.478 e. The fraction of sp³-hybridized carbons (Fsp3) is 0.393. The van der Waals surface area contributed by atoms with Crippen molar-refractivity contribution in [1.82, 2.24) is 10.1 Å². The zero-order valence-electron chi connectivity index (χ0n) is 21.1. The minimum absolute atomic E-state index is 0.00307. The van der Waals surface area contributed by atoms with Crippen LogP contribution in [0.5, 0.6) is 5.75 Å². The predicted octanol–water partition coefficient (Wildman–Crippen LogP) is 6.61. The van der Waals surface area contributed by atoms with Crippen LogP contribution in [0.1, 0.15) is 71.1 Å². The molecule has 0 unspecified atom stereocenters. The average molecular weight is 575 g/mol. The number of para-hydroxylation sites is 1. The predicted molar refractivity (Wildman–Crippen MR) is 138 cm³/mol. The van der Waals surface area contributed by atoms with Crippen molar-refractivity contribution < 1.29 is 42.2 Å². The number of hydrogen-bond acceptors (Lipinski definition) is 8. The number of thiazole rings is 1. The van der Waals surface area contributed by atoms with Gasteiger partial charge in [-0.1, -0.05) is 17.3 Å². The molecule has 2 heterocycles. The summed E-state index contributed by atoms with van der Waals surface area (Å²) < 4.78 is 57.2. The number of benzene rings is 2. The monoisotopic (exact) mass is 574 g/mol. The Balaban J connectivity index is 1.17. The van der Waals surface area contributed by atoms with Crippen molar-refractivity contribution in [3.63, 3.8) is 0 Å². The van der Waals surface area contributed by atoms with Gasteiger partial charge in [-0.15, -0.1) is 11.3 Å². The molecule has 40 heavy (non-hydrogen) atoms. The second-order valence-electron chi connectivity index (χ2n) is 10.2. The van der Waals surface area contributed by atoms with Crippen LogP contribution in [0.3, 0.4) is 0 Å². The Bertz CT molecular complexity index is 1560. The topological polar surface area (TPSA) is 115 Å². The first-order chi connectivity index (χ1) is 19.2. The molecule has 0 amide bonds. The summed E-state index contributed by atoms with van der Waals surface area (Å²) in [6.45, 7) is -2.82. The smallest absolute Gasteiger partial charge is 0.387 e. The number of carboxylic acid groups (broad SMARTS) is 1. The number of ether oxygens (including phenoxy) is 2. The number of hydrogen-bond donors (Lipinski definition) is 2. The molecule has 0 saturated heterocycles. The first-order valence-electron chi connectivity index (χ1n) is 12.9. The van der Waals surface area contributed by atoms with Gasteiger partial charge in [-0.25, -0.2) is 14.2 Å². The Hall–Kier alpha value is -3.48. The van der Waals surface area contributed by atoms with Crippen molar-refractivity contribution in [2.75, 3.05) is 0 Å². The standard InChI is InChI=1S/C28H25F3N2O6S/c29-19-12-20-22(11-17(19)25(34)35)40-26(32-20)28(36)9-7-15(8-10-28)37-13-18-23(33-39-24(18)14-5-6-14)16-3-1-2-4-21(16)38-27(30)31/h1-4,11-12,14-15,27,36H,5-10,13H2,(H,34,35). The zero-order valence-corrected chi connectivity index (χ0v) is 21.9. The molecule has 210 valence electrons. The molecule has 2 fully saturated rings. The number of nitrogens with zero attached hydrogens (tertiary/aromatic N) is 2. The molecule has 6 rings (SSSR count). The molecule has 12 heteroatoms. The number of aromatic carboxylic acids is 1. The lowest BCUT2D eigenvalue weighted by molar-refractivity contribution is -0.0641. The lowest BCUT2D eigenvalue weighted by atomic mass is 9.83. The van der Waals surface area contributed by atoms with Crippen molar-refractivity contribution in [2.45, 2.75) is 69.4 Å². The number of aromatic nitrogens is 2. The fourth-order valence-corrected chi connectivity index (χ4v) is 6.29. The minimum atomic E-state index is -2.98. The highest BCUT2D eigenvalue weighted by atomic mass is 32.1. The van der Waals surface area contributed by atoms with Gasteiger partial charge >= 0.3 is 12.6 Å². The second kappa shape index (κ2) is 10.5. The summed E-state index contributed by atoms with van der Waals surface area (Å²) in [6, 6.07) is 8.75. The third-order valence-electron chi connectivity index (χ3n) is 7.45. The molecule has 2 aliphatic rings. The van der Waals surface area contributed by atoms with Crippen LogP contribution in [0.15, 0.2) is 40.9 Å². The summed E-state index contributed by atoms with van der Waals surface area (Å²) in [6.07, 6.45) is 3.46. The van der Waals surface area contributed by atoms with Gasteiger partial charge in [0.25, 0.3) is 0 Å². The maximum atomic E-state index is 14.1. The third-order valence-corrected chi connectivity index (χ3v) is 8.67. The second-order valence-corrected chi connectivity index (χ2v) is 11.2. The van der Waals surface area contributed by atoms with Crippen LogP contribution < -0.4 is 4.74 Å². The number of aliphatic hydroxyl groups is 1. The summed E-state index contributed by atoms with van der Waals surface area (Å²) in [5, 5.41) is 25.2. The van der Waals surface area contributed by atoms with E-state index in [0.717, 1.165) is 30.2 Å². The van der Waals surface area contributed by atoms with Gasteiger partial charge in [-0.2, -0.15) is 8.78 Å². The van der Waals surface area contributed by atoms with Gasteiger partial charge in [-0.3, -0.25) is 0 Å². The van der Waals surface area contributed by atoms with E-state index in [9.17, 15) is 28.2 Å². The van der Waals surface area contributed by atoms with Crippen molar-refractivity contribution in [3.05, 3.63) is 64.1 Å². The number of rotatable bonds is 9. The third kappa shape index (κ3) is 5.18. The van der Waals surface area contributed by atoms with Gasteiger partial charge in [0.05, 0.1) is 28.5 Å². The van der Waals surface area contributed by atoms with Crippen molar-refractivity contribution in [2.24, 2.45) is 0 Å². The summed E-state index contributed by atoms with van der Waals surface area (Å²) >= 11 is 1.15. The van der Waals surface area contributed by atoms with Crippen LogP contribution >= 0.6 is 11.3 Å². The zero-order chi connectivity index (χ0) is 28.0. The molecule has 0 bridgehead atoms. The molecule has 2 aromatic carbocycles. The highest BCUT2D eigenvalue weighted by molar-refractivity contribution is 7.18. The van der Waals surface area contributed by atoms with E-state index in [1.54, 1.807) is 18.2 Å². The molecule has 4 aromatic rings. The van der Waals surface area contributed by atoms with E-state index in [2.05, 4.69) is 10.1 Å². The molecule has 0 spiro atoms. The molecule has 2 N–H and O–H groups in total. The van der Waals surface area contributed by atoms with Crippen molar-refractivity contribution >= 4 is 27.5 Å². The van der Waals surface area contributed by atoms with Gasteiger partial charge in [0.15, 0.2) is 0 Å². The molecule has 0 radical (unpaired) electrons. The van der Waals surface area contributed by atoms with Crippen molar-refractivity contribution in [1.29, 1.82) is 0 Å². The first-order valence-corrected chi connectivity index (χ1v) is 13.7. The van der Waals surface area contributed by atoms with Crippen LogP contribution in [0.25, 0.3) is 21.5 Å². The Morgan fingerprint density at radius 3 is 2.62 bits per heavy atom. The molecule has 0 aliphatic heterocycles. The van der Waals surface area contributed by atoms with Crippen LogP contribution in [0.4, 0.5) is 13.2 Å². The fourth-order valence-electron chi connectivity index (χ4n) is 5.16. The largest absolute Gasteiger partial charge is 0.478 e. The molecule has 8 nitrogen and oxygen atoms in total. The van der Waals surface area contributed by atoms with Crippen LogP contribution in [-0.2, 0) is 16.9 Å². The van der Waals surface area contributed by atoms with E-state index < -0.39 is 29.6 Å². The van der Waals surface area contributed by atoms with Crippen LogP contribution in [0.2, 0.25) is 0 Å². The Kier molecular flexibility index (Phi) is 7.01. The molecular weight excluding hydrogens is 549 g/mol. The van der Waals surface area contributed by atoms with Crippen LogP contribution in [0, 0.1) is 5.82 Å². The molecular formula is C28H25F3N2O6S. The number of halogens is 3. The van der Waals surface area contributed by atoms with Gasteiger partial charge < -0.3 is 24.2 Å². The van der Waals surface area contributed by atoms with E-state index in [1.807, 2.05) is 0 Å². The van der Waals surface area contributed by atoms with E-state index >= 15 is 0 Å². The maximum Gasteiger partial charge on any atom is 0.387 e. The van der Waals surface area contributed by atoms with E-state index in [1.165, 1.54) is 12.1 Å². The summed E-state index contributed by atoms with van der Waals surface area (Å²) in [5.41, 5.74) is 0.139. The summed E-state index contributed by atoms with van der Waals surface area (Å²) in [4.78, 5) is 15.7. The number of carbonyl (C=O) groups is 1. The quantitative estimate of drug-likeness (QED) is 0.229. The summed E-state index contributed by atoms with van der Waals surface area (Å²) in [7, 11) is 0. The maximum absolute atomic E-state index is 14.1. The molecule has 2 aliphatic carbocycles. The van der Waals surface area contributed by atoms with E-state index in [0.29, 0.717) is 63.5 Å². The van der Waals surface area contributed by atoms with Gasteiger partial charge in [0, 0.05) is 23.1 Å². The number of fused-ring (bicyclic) bond motifs is 1. The van der Waals surface area contributed by atoms with E-state index in [-0.39, 0.29) is 24.4 Å². The van der Waals surface area contributed by atoms with Gasteiger partial charge in [0.2, 0.25) is 0 Å². The number of carboxylic acids is 1. The number of alkyl halides is 2. The molecule has 2 aromatic heterocycles. The van der Waals surface area contributed by atoms with E-state index in [4.69, 9.17) is 14.0 Å². The Morgan fingerprint density at radius 1 is 1.18 bits per heavy atom. The Morgan fingerprint density at radius 2 is 1.93 bits per heavy atom. The van der Waals surface area contributed by atoms with Gasteiger partial charge in [0.1, 0.15) is 33.6 Å².